The normalized spacial score (nSPS) is 10.7. The van der Waals surface area contributed by atoms with E-state index in [2.05, 4.69) is 15.3 Å². The van der Waals surface area contributed by atoms with Crippen molar-refractivity contribution in [2.45, 2.75) is 0 Å². The molecule has 3 aromatic heterocycles. The number of nitrogens with one attached hydrogen (secondary N) is 2. The lowest BCUT2D eigenvalue weighted by atomic mass is 10.1. The topological polar surface area (TPSA) is 69.0 Å². The van der Waals surface area contributed by atoms with Crippen LogP contribution in [0.5, 0.6) is 0 Å². The number of carbonyl (C=O) groups is 1. The van der Waals surface area contributed by atoms with E-state index in [4.69, 9.17) is 16.6 Å². The number of carbonyl (C=O) groups excluding carboxylic acids is 1. The highest BCUT2D eigenvalue weighted by Gasteiger charge is 2.13. The van der Waals surface area contributed by atoms with Crippen LogP contribution in [0.3, 0.4) is 0 Å². The average Bonchev–Trinajstić information content (AvgIpc) is 2.69. The van der Waals surface area contributed by atoms with E-state index in [1.165, 1.54) is 6.20 Å². The number of aromatic amines is 1. The predicted octanol–water partition coefficient (Wildman–Crippen LogP) is 4.02. The highest BCUT2D eigenvalue weighted by atomic mass is 35.5. The molecular weight excluding hydrogens is 348 g/mol. The molecule has 0 saturated heterocycles. The van der Waals surface area contributed by atoms with Gasteiger partial charge in [0, 0.05) is 17.6 Å². The number of benzene rings is 1. The summed E-state index contributed by atoms with van der Waals surface area (Å²) in [6, 6.07) is 16.6. The van der Waals surface area contributed by atoms with Gasteiger partial charge in [0.05, 0.1) is 27.4 Å². The number of hydrogen-bond acceptors (Lipinski definition) is 3. The summed E-state index contributed by atoms with van der Waals surface area (Å²) in [4.78, 5) is 24.6. The number of halogens is 1. The predicted molar refractivity (Wildman–Crippen MR) is 101 cm³/mol. The summed E-state index contributed by atoms with van der Waals surface area (Å²) in [6.45, 7) is 0. The molecule has 0 aliphatic heterocycles. The molecule has 0 saturated carbocycles. The van der Waals surface area contributed by atoms with Crippen LogP contribution in [0.15, 0.2) is 73.2 Å². The molecule has 5 nitrogen and oxygen atoms in total. The van der Waals surface area contributed by atoms with Crippen LogP contribution in [0.25, 0.3) is 22.2 Å². The van der Waals surface area contributed by atoms with E-state index in [0.717, 1.165) is 16.6 Å². The second kappa shape index (κ2) is 6.90. The molecule has 1 amide bonds. The summed E-state index contributed by atoms with van der Waals surface area (Å²) < 4.78 is 0. The number of nitrogens with zero attached hydrogens (tertiary/aromatic N) is 2. The van der Waals surface area contributed by atoms with Gasteiger partial charge in [-0.25, -0.2) is 15.0 Å². The Morgan fingerprint density at radius 1 is 1.04 bits per heavy atom. The van der Waals surface area contributed by atoms with E-state index >= 15 is 0 Å². The average molecular weight is 362 g/mol. The Morgan fingerprint density at radius 3 is 2.73 bits per heavy atom. The minimum Gasteiger partial charge on any atom is -0.306 e. The Morgan fingerprint density at radius 2 is 1.96 bits per heavy atom. The number of H-pyrrole nitrogens is 1. The van der Waals surface area contributed by atoms with E-state index in [1.807, 2.05) is 48.8 Å². The Kier molecular flexibility index (Phi) is 4.29. The zero-order chi connectivity index (χ0) is 17.9. The molecule has 1 aromatic carbocycles. The van der Waals surface area contributed by atoms with Crippen LogP contribution in [0.2, 0.25) is 5.02 Å². The van der Waals surface area contributed by atoms with Crippen LogP contribution in [-0.2, 0) is 0 Å². The molecule has 6 heteroatoms. The molecule has 0 aliphatic carbocycles. The lowest BCUT2D eigenvalue weighted by Gasteiger charge is -2.08. The molecule has 4 rings (SSSR count). The molecule has 2 N–H and O–H groups in total. The van der Waals surface area contributed by atoms with Crippen LogP contribution in [0, 0.1) is 0 Å². The van der Waals surface area contributed by atoms with Gasteiger partial charge >= 0.3 is 0 Å². The van der Waals surface area contributed by atoms with Crippen molar-refractivity contribution >= 4 is 34.2 Å². The quantitative estimate of drug-likeness (QED) is 0.599. The van der Waals surface area contributed by atoms with E-state index < -0.39 is 0 Å². The first-order valence-corrected chi connectivity index (χ1v) is 8.38. The van der Waals surface area contributed by atoms with Crippen LogP contribution in [0.4, 0.5) is 5.82 Å². The third-order valence-electron chi connectivity index (χ3n) is 3.94. The third kappa shape index (κ3) is 3.25. The summed E-state index contributed by atoms with van der Waals surface area (Å²) in [5, 5.41) is 4.19. The van der Waals surface area contributed by atoms with Crippen molar-refractivity contribution in [3.63, 3.8) is 0 Å². The van der Waals surface area contributed by atoms with Crippen LogP contribution in [0.1, 0.15) is 10.4 Å². The third-order valence-corrected chi connectivity index (χ3v) is 4.16. The number of hydrogen-bond donors (Lipinski definition) is 1. The smallest absolute Gasteiger partial charge is 0.259 e. The molecule has 0 bridgehead atoms. The molecule has 0 unspecified atom stereocenters. The maximum atomic E-state index is 12.7. The fraction of sp³-hybridized carbons (Fsp3) is 0. The van der Waals surface area contributed by atoms with Crippen molar-refractivity contribution in [2.75, 3.05) is 5.32 Å². The van der Waals surface area contributed by atoms with Gasteiger partial charge in [0.2, 0.25) is 0 Å². The van der Waals surface area contributed by atoms with Crippen molar-refractivity contribution < 1.29 is 9.78 Å². The second-order valence-corrected chi connectivity index (χ2v) is 6.12. The number of aromatic nitrogens is 3. The number of anilines is 1. The number of amides is 1. The first-order valence-electron chi connectivity index (χ1n) is 8.00. The van der Waals surface area contributed by atoms with Crippen molar-refractivity contribution in [1.29, 1.82) is 0 Å². The van der Waals surface area contributed by atoms with Crippen molar-refractivity contribution in [1.82, 2.24) is 9.97 Å². The fourth-order valence-corrected chi connectivity index (χ4v) is 2.79. The zero-order valence-electron chi connectivity index (χ0n) is 13.6. The molecule has 0 spiro atoms. The fourth-order valence-electron chi connectivity index (χ4n) is 2.68. The van der Waals surface area contributed by atoms with E-state index in [-0.39, 0.29) is 5.91 Å². The van der Waals surface area contributed by atoms with E-state index in [1.54, 1.807) is 18.2 Å². The first kappa shape index (κ1) is 16.2. The minimum atomic E-state index is -0.269. The highest BCUT2D eigenvalue weighted by molar-refractivity contribution is 6.30. The van der Waals surface area contributed by atoms with Gasteiger partial charge in [0.15, 0.2) is 12.4 Å². The van der Waals surface area contributed by atoms with Gasteiger partial charge in [-0.1, -0.05) is 29.8 Å². The summed E-state index contributed by atoms with van der Waals surface area (Å²) in [7, 11) is 0. The molecule has 3 heterocycles. The van der Waals surface area contributed by atoms with Crippen molar-refractivity contribution in [2.24, 2.45) is 0 Å². The SMILES string of the molecule is O=C(Nc1ccc(Cl)cn1)c1cccc2ccc(-c3ccc[nH+]c3)nc12. The largest absolute Gasteiger partial charge is 0.306 e. The van der Waals surface area contributed by atoms with Crippen molar-refractivity contribution in [3.05, 3.63) is 83.8 Å². The van der Waals surface area contributed by atoms with E-state index in [9.17, 15) is 4.79 Å². The van der Waals surface area contributed by atoms with Gasteiger partial charge in [0.1, 0.15) is 5.82 Å². The monoisotopic (exact) mass is 361 g/mol. The van der Waals surface area contributed by atoms with Crippen LogP contribution < -0.4 is 10.3 Å². The summed E-state index contributed by atoms with van der Waals surface area (Å²) >= 11 is 5.83. The maximum absolute atomic E-state index is 12.7. The number of pyridine rings is 3. The standard InChI is InChI=1S/C20H13ClN4O/c21-15-7-9-18(23-12-15)25-20(26)16-5-1-3-13-6-8-17(24-19(13)16)14-4-2-10-22-11-14/h1-12H,(H,23,25,26)/p+1. The molecular formula is C20H14ClN4O+. The summed E-state index contributed by atoms with van der Waals surface area (Å²) in [5.41, 5.74) is 2.87. The maximum Gasteiger partial charge on any atom is 0.259 e. The molecule has 0 aliphatic rings. The summed E-state index contributed by atoms with van der Waals surface area (Å²) in [6.07, 6.45) is 5.19. The first-order chi connectivity index (χ1) is 12.7. The van der Waals surface area contributed by atoms with Crippen LogP contribution in [-0.4, -0.2) is 15.9 Å². The van der Waals surface area contributed by atoms with Crippen LogP contribution >= 0.6 is 11.6 Å². The second-order valence-electron chi connectivity index (χ2n) is 5.68. The van der Waals surface area contributed by atoms with Gasteiger partial charge in [-0.3, -0.25) is 4.79 Å². The van der Waals surface area contributed by atoms with Gasteiger partial charge < -0.3 is 5.32 Å². The van der Waals surface area contributed by atoms with Gasteiger partial charge in [-0.2, -0.15) is 0 Å². The van der Waals surface area contributed by atoms with Crippen molar-refractivity contribution in [3.8, 4) is 11.3 Å². The molecule has 126 valence electrons. The molecule has 26 heavy (non-hydrogen) atoms. The number of fused-ring (bicyclic) bond motifs is 1. The Hall–Kier alpha value is -3.31. The number of rotatable bonds is 3. The molecule has 4 aromatic rings. The minimum absolute atomic E-state index is 0.269. The number of para-hydroxylation sites is 1. The Labute approximate surface area is 154 Å². The van der Waals surface area contributed by atoms with Gasteiger partial charge in [-0.15, -0.1) is 0 Å². The van der Waals surface area contributed by atoms with Gasteiger partial charge in [0.25, 0.3) is 5.91 Å². The highest BCUT2D eigenvalue weighted by Crippen LogP contribution is 2.23. The Balaban J connectivity index is 1.74. The molecule has 0 radical (unpaired) electrons. The van der Waals surface area contributed by atoms with E-state index in [0.29, 0.717) is 21.9 Å². The summed E-state index contributed by atoms with van der Waals surface area (Å²) in [5.74, 6) is 0.167. The van der Waals surface area contributed by atoms with Gasteiger partial charge in [-0.05, 0) is 30.3 Å². The molecule has 0 atom stereocenters. The zero-order valence-corrected chi connectivity index (χ0v) is 14.4. The molecule has 0 fully saturated rings. The Bertz CT molecular complexity index is 1080. The lowest BCUT2D eigenvalue weighted by Crippen LogP contribution is -2.13. The lowest BCUT2D eigenvalue weighted by molar-refractivity contribution is -0.377.